The minimum Gasteiger partial charge on any atom is -0.493 e. The van der Waals surface area contributed by atoms with Crippen molar-refractivity contribution in [3.63, 3.8) is 0 Å². The van der Waals surface area contributed by atoms with Crippen molar-refractivity contribution in [1.29, 1.82) is 0 Å². The van der Waals surface area contributed by atoms with Crippen LogP contribution in [0.15, 0.2) is 24.3 Å². The zero-order valence-electron chi connectivity index (χ0n) is 13.3. The lowest BCUT2D eigenvalue weighted by atomic mass is 10.0. The highest BCUT2D eigenvalue weighted by Gasteiger charge is 2.15. The van der Waals surface area contributed by atoms with Crippen molar-refractivity contribution in [3.8, 4) is 5.75 Å². The third kappa shape index (κ3) is 5.16. The zero-order valence-corrected chi connectivity index (χ0v) is 13.3. The normalized spacial score (nSPS) is 19.4. The van der Waals surface area contributed by atoms with Crippen LogP contribution in [0.25, 0.3) is 0 Å². The first-order valence-corrected chi connectivity index (χ1v) is 8.12. The molecule has 0 spiro atoms. The predicted octanol–water partition coefficient (Wildman–Crippen LogP) is 3.78. The number of Topliss-reactive ketones (excluding diaryl/α,β-unsaturated/α-hetero) is 1. The number of ketones is 1. The first-order chi connectivity index (χ1) is 10.2. The molecule has 0 radical (unpaired) electrons. The molecule has 1 aromatic rings. The summed E-state index contributed by atoms with van der Waals surface area (Å²) in [6.45, 7) is 8.27. The van der Waals surface area contributed by atoms with Crippen LogP contribution >= 0.6 is 0 Å². The molecule has 0 amide bonds. The van der Waals surface area contributed by atoms with Gasteiger partial charge in [0.25, 0.3) is 0 Å². The molecular formula is C18H27NO2. The molecule has 0 saturated carbocycles. The lowest BCUT2D eigenvalue weighted by molar-refractivity contribution is 0.101. The molecule has 1 aliphatic heterocycles. The molecule has 0 N–H and O–H groups in total. The maximum absolute atomic E-state index is 11.5. The van der Waals surface area contributed by atoms with Crippen LogP contribution in [-0.4, -0.2) is 36.9 Å². The lowest BCUT2D eigenvalue weighted by Gasteiger charge is -2.30. The average Bonchev–Trinajstić information content (AvgIpc) is 2.47. The number of para-hydroxylation sites is 1. The van der Waals surface area contributed by atoms with Crippen molar-refractivity contribution >= 4 is 5.78 Å². The van der Waals surface area contributed by atoms with Crippen molar-refractivity contribution in [2.45, 2.75) is 39.5 Å². The van der Waals surface area contributed by atoms with Crippen LogP contribution < -0.4 is 4.74 Å². The molecule has 2 rings (SSSR count). The van der Waals surface area contributed by atoms with Gasteiger partial charge in [0.05, 0.1) is 12.2 Å². The Hall–Kier alpha value is -1.35. The number of rotatable bonds is 7. The molecule has 0 bridgehead atoms. The number of hydrogen-bond acceptors (Lipinski definition) is 3. The zero-order chi connectivity index (χ0) is 15.1. The van der Waals surface area contributed by atoms with E-state index in [1.54, 1.807) is 6.92 Å². The lowest BCUT2D eigenvalue weighted by Crippen LogP contribution is -2.35. The summed E-state index contributed by atoms with van der Waals surface area (Å²) < 4.78 is 5.77. The second-order valence-electron chi connectivity index (χ2n) is 6.16. The number of ether oxygens (including phenoxy) is 1. The van der Waals surface area contributed by atoms with Gasteiger partial charge < -0.3 is 9.64 Å². The van der Waals surface area contributed by atoms with Crippen LogP contribution in [0.5, 0.6) is 5.75 Å². The Labute approximate surface area is 128 Å². The number of hydrogen-bond donors (Lipinski definition) is 0. The van der Waals surface area contributed by atoms with Gasteiger partial charge in [-0.2, -0.15) is 0 Å². The highest BCUT2D eigenvalue weighted by molar-refractivity contribution is 5.96. The van der Waals surface area contributed by atoms with E-state index in [0.717, 1.165) is 24.5 Å². The highest BCUT2D eigenvalue weighted by atomic mass is 16.5. The van der Waals surface area contributed by atoms with Gasteiger partial charge in [-0.1, -0.05) is 19.1 Å². The fourth-order valence-corrected chi connectivity index (χ4v) is 2.99. The Bertz CT molecular complexity index is 458. The van der Waals surface area contributed by atoms with Crippen LogP contribution in [0.2, 0.25) is 0 Å². The van der Waals surface area contributed by atoms with Crippen molar-refractivity contribution in [3.05, 3.63) is 29.8 Å². The molecule has 1 heterocycles. The summed E-state index contributed by atoms with van der Waals surface area (Å²) in [5, 5.41) is 0. The molecule has 1 atom stereocenters. The van der Waals surface area contributed by atoms with Gasteiger partial charge in [-0.3, -0.25) is 4.79 Å². The van der Waals surface area contributed by atoms with E-state index in [-0.39, 0.29) is 5.78 Å². The quantitative estimate of drug-likeness (QED) is 0.565. The number of unbranched alkanes of at least 4 members (excludes halogenated alkanes) is 1. The Morgan fingerprint density at radius 1 is 1.33 bits per heavy atom. The Morgan fingerprint density at radius 3 is 2.90 bits per heavy atom. The topological polar surface area (TPSA) is 29.5 Å². The molecule has 1 aliphatic rings. The molecule has 0 aromatic heterocycles. The van der Waals surface area contributed by atoms with E-state index in [2.05, 4.69) is 11.8 Å². The predicted molar refractivity (Wildman–Crippen MR) is 86.0 cm³/mol. The second-order valence-corrected chi connectivity index (χ2v) is 6.16. The molecule has 1 unspecified atom stereocenters. The molecule has 3 heteroatoms. The van der Waals surface area contributed by atoms with Gasteiger partial charge in [0, 0.05) is 6.54 Å². The monoisotopic (exact) mass is 289 g/mol. The Kier molecular flexibility index (Phi) is 6.24. The summed E-state index contributed by atoms with van der Waals surface area (Å²) in [6, 6.07) is 7.49. The number of carbonyl (C=O) groups excluding carboxylic acids is 1. The van der Waals surface area contributed by atoms with E-state index in [1.165, 1.54) is 32.5 Å². The van der Waals surface area contributed by atoms with Crippen LogP contribution in [-0.2, 0) is 0 Å². The standard InChI is InChI=1S/C18H27NO2/c1-15-8-7-12-19(14-15)11-5-6-13-21-18-10-4-3-9-17(18)16(2)20/h3-4,9-10,15H,5-8,11-14H2,1-2H3. The van der Waals surface area contributed by atoms with Gasteiger partial charge in [-0.05, 0) is 63.7 Å². The number of likely N-dealkylation sites (tertiary alicyclic amines) is 1. The minimum absolute atomic E-state index is 0.0629. The molecule has 1 aromatic carbocycles. The van der Waals surface area contributed by atoms with Gasteiger partial charge in [-0.25, -0.2) is 0 Å². The fraction of sp³-hybridized carbons (Fsp3) is 0.611. The third-order valence-corrected chi connectivity index (χ3v) is 4.13. The SMILES string of the molecule is CC(=O)c1ccccc1OCCCCN1CCCC(C)C1. The first kappa shape index (κ1) is 16.0. The largest absolute Gasteiger partial charge is 0.493 e. The average molecular weight is 289 g/mol. The maximum atomic E-state index is 11.5. The fourth-order valence-electron chi connectivity index (χ4n) is 2.99. The number of piperidine rings is 1. The van der Waals surface area contributed by atoms with Gasteiger partial charge in [0.2, 0.25) is 0 Å². The molecule has 1 fully saturated rings. The maximum Gasteiger partial charge on any atom is 0.163 e. The Balaban J connectivity index is 1.67. The minimum atomic E-state index is 0.0629. The van der Waals surface area contributed by atoms with E-state index in [4.69, 9.17) is 4.74 Å². The number of benzene rings is 1. The third-order valence-electron chi connectivity index (χ3n) is 4.13. The smallest absolute Gasteiger partial charge is 0.163 e. The van der Waals surface area contributed by atoms with Crippen molar-refractivity contribution in [2.24, 2.45) is 5.92 Å². The van der Waals surface area contributed by atoms with Crippen molar-refractivity contribution in [1.82, 2.24) is 4.90 Å². The van der Waals surface area contributed by atoms with E-state index < -0.39 is 0 Å². The summed E-state index contributed by atoms with van der Waals surface area (Å²) in [6.07, 6.45) is 4.91. The number of nitrogens with zero attached hydrogens (tertiary/aromatic N) is 1. The number of carbonyl (C=O) groups is 1. The van der Waals surface area contributed by atoms with Gasteiger partial charge >= 0.3 is 0 Å². The highest BCUT2D eigenvalue weighted by Crippen LogP contribution is 2.19. The van der Waals surface area contributed by atoms with Crippen LogP contribution in [0.4, 0.5) is 0 Å². The molecule has 116 valence electrons. The van der Waals surface area contributed by atoms with Crippen LogP contribution in [0.3, 0.4) is 0 Å². The molecule has 1 saturated heterocycles. The van der Waals surface area contributed by atoms with Crippen molar-refractivity contribution < 1.29 is 9.53 Å². The van der Waals surface area contributed by atoms with Gasteiger partial charge in [-0.15, -0.1) is 0 Å². The summed E-state index contributed by atoms with van der Waals surface area (Å²) >= 11 is 0. The van der Waals surface area contributed by atoms with Crippen molar-refractivity contribution in [2.75, 3.05) is 26.2 Å². The van der Waals surface area contributed by atoms with E-state index in [0.29, 0.717) is 12.2 Å². The summed E-state index contributed by atoms with van der Waals surface area (Å²) in [7, 11) is 0. The summed E-state index contributed by atoms with van der Waals surface area (Å²) in [5.41, 5.74) is 0.683. The van der Waals surface area contributed by atoms with Crippen LogP contribution in [0.1, 0.15) is 49.9 Å². The van der Waals surface area contributed by atoms with Crippen LogP contribution in [0, 0.1) is 5.92 Å². The van der Waals surface area contributed by atoms with E-state index in [9.17, 15) is 4.79 Å². The molecule has 0 aliphatic carbocycles. The molecule has 3 nitrogen and oxygen atoms in total. The summed E-state index contributed by atoms with van der Waals surface area (Å²) in [5.74, 6) is 1.63. The molecular weight excluding hydrogens is 262 g/mol. The summed E-state index contributed by atoms with van der Waals surface area (Å²) in [4.78, 5) is 14.1. The molecule has 21 heavy (non-hydrogen) atoms. The first-order valence-electron chi connectivity index (χ1n) is 8.12. The Morgan fingerprint density at radius 2 is 2.14 bits per heavy atom. The van der Waals surface area contributed by atoms with Gasteiger partial charge in [0.1, 0.15) is 5.75 Å². The van der Waals surface area contributed by atoms with Gasteiger partial charge in [0.15, 0.2) is 5.78 Å². The van der Waals surface area contributed by atoms with E-state index >= 15 is 0 Å². The second kappa shape index (κ2) is 8.18. The van der Waals surface area contributed by atoms with E-state index in [1.807, 2.05) is 24.3 Å².